The lowest BCUT2D eigenvalue weighted by Gasteiger charge is -2.08. The maximum Gasteiger partial charge on any atom is 0.338 e. The van der Waals surface area contributed by atoms with Crippen LogP contribution in [-0.2, 0) is 6.54 Å². The van der Waals surface area contributed by atoms with Crippen molar-refractivity contribution in [2.75, 3.05) is 11.1 Å². The zero-order valence-electron chi connectivity index (χ0n) is 9.61. The monoisotopic (exact) mass is 284 g/mol. The molecule has 0 atom stereocenters. The molecule has 100 valence electrons. The quantitative estimate of drug-likeness (QED) is 0.807. The summed E-state index contributed by atoms with van der Waals surface area (Å²) in [5, 5.41) is 13.3. The Morgan fingerprint density at radius 2 is 2.11 bits per heavy atom. The summed E-state index contributed by atoms with van der Waals surface area (Å²) in [5.74, 6) is -3.40. The van der Waals surface area contributed by atoms with E-state index >= 15 is 0 Å². The van der Waals surface area contributed by atoms with E-state index in [0.717, 1.165) is 10.9 Å². The summed E-state index contributed by atoms with van der Waals surface area (Å²) in [6, 6.07) is 3.19. The Kier molecular flexibility index (Phi) is 3.66. The molecule has 4 nitrogen and oxygen atoms in total. The molecule has 0 unspecified atom stereocenters. The zero-order chi connectivity index (χ0) is 14.0. The average Bonchev–Trinajstić information content (AvgIpc) is 2.73. The summed E-state index contributed by atoms with van der Waals surface area (Å²) in [7, 11) is 0. The summed E-state index contributed by atoms with van der Waals surface area (Å²) >= 11 is 1.39. The number of anilines is 2. The molecule has 0 saturated heterocycles. The number of rotatable bonds is 4. The van der Waals surface area contributed by atoms with Crippen molar-refractivity contribution in [3.05, 3.63) is 45.7 Å². The Morgan fingerprint density at radius 1 is 1.37 bits per heavy atom. The SMILES string of the molecule is Nc1ccsc1CNc1cc(C(=O)O)c(F)cc1F. The molecule has 1 aromatic carbocycles. The number of thiophene rings is 1. The van der Waals surface area contributed by atoms with Crippen LogP contribution in [-0.4, -0.2) is 11.1 Å². The van der Waals surface area contributed by atoms with Gasteiger partial charge in [0.05, 0.1) is 17.8 Å². The lowest BCUT2D eigenvalue weighted by molar-refractivity contribution is 0.0692. The van der Waals surface area contributed by atoms with Gasteiger partial charge in [-0.2, -0.15) is 0 Å². The zero-order valence-corrected chi connectivity index (χ0v) is 10.4. The van der Waals surface area contributed by atoms with E-state index in [2.05, 4.69) is 5.32 Å². The van der Waals surface area contributed by atoms with E-state index in [1.165, 1.54) is 11.3 Å². The largest absolute Gasteiger partial charge is 0.478 e. The van der Waals surface area contributed by atoms with Crippen LogP contribution in [0.4, 0.5) is 20.2 Å². The second kappa shape index (κ2) is 5.23. The molecule has 0 fully saturated rings. The molecule has 0 spiro atoms. The molecule has 0 aliphatic heterocycles. The fourth-order valence-electron chi connectivity index (χ4n) is 1.52. The first kappa shape index (κ1) is 13.3. The van der Waals surface area contributed by atoms with Crippen molar-refractivity contribution in [3.63, 3.8) is 0 Å². The molecule has 7 heteroatoms. The number of nitrogens with two attached hydrogens (primary N) is 1. The van der Waals surface area contributed by atoms with Crippen molar-refractivity contribution in [1.29, 1.82) is 0 Å². The molecule has 0 aliphatic rings. The molecule has 4 N–H and O–H groups in total. The number of halogens is 2. The van der Waals surface area contributed by atoms with E-state index in [9.17, 15) is 13.6 Å². The number of nitrogen functional groups attached to an aromatic ring is 1. The van der Waals surface area contributed by atoms with Gasteiger partial charge >= 0.3 is 5.97 Å². The summed E-state index contributed by atoms with van der Waals surface area (Å²) in [6.45, 7) is 0.241. The summed E-state index contributed by atoms with van der Waals surface area (Å²) in [5.41, 5.74) is 5.58. The number of benzene rings is 1. The average molecular weight is 284 g/mol. The van der Waals surface area contributed by atoms with Gasteiger partial charge in [0.15, 0.2) is 0 Å². The van der Waals surface area contributed by atoms with Crippen LogP contribution in [0.1, 0.15) is 15.2 Å². The summed E-state index contributed by atoms with van der Waals surface area (Å²) in [6.07, 6.45) is 0. The van der Waals surface area contributed by atoms with E-state index in [1.807, 2.05) is 0 Å². The first-order valence-corrected chi connectivity index (χ1v) is 6.15. The van der Waals surface area contributed by atoms with Crippen molar-refractivity contribution in [2.24, 2.45) is 0 Å². The lowest BCUT2D eigenvalue weighted by atomic mass is 10.1. The topological polar surface area (TPSA) is 75.3 Å². The smallest absolute Gasteiger partial charge is 0.338 e. The van der Waals surface area contributed by atoms with E-state index in [-0.39, 0.29) is 12.2 Å². The van der Waals surface area contributed by atoms with E-state index in [4.69, 9.17) is 10.8 Å². The third-order valence-corrected chi connectivity index (χ3v) is 3.44. The number of hydrogen-bond donors (Lipinski definition) is 3. The van der Waals surface area contributed by atoms with Crippen molar-refractivity contribution in [2.45, 2.75) is 6.54 Å². The highest BCUT2D eigenvalue weighted by Crippen LogP contribution is 2.23. The van der Waals surface area contributed by atoms with Crippen molar-refractivity contribution >= 4 is 28.7 Å². The second-order valence-electron chi connectivity index (χ2n) is 3.77. The Labute approximate surface area is 111 Å². The number of carboxylic acids is 1. The first-order chi connectivity index (χ1) is 8.99. The Morgan fingerprint density at radius 3 is 2.68 bits per heavy atom. The van der Waals surface area contributed by atoms with Crippen LogP contribution >= 0.6 is 11.3 Å². The molecule has 0 amide bonds. The molecule has 2 aromatic rings. The molecule has 1 heterocycles. The van der Waals surface area contributed by atoms with Gasteiger partial charge in [-0.15, -0.1) is 11.3 Å². The molecule has 0 saturated carbocycles. The van der Waals surface area contributed by atoms with Gasteiger partial charge in [-0.3, -0.25) is 0 Å². The molecule has 2 rings (SSSR count). The number of hydrogen-bond acceptors (Lipinski definition) is 4. The van der Waals surface area contributed by atoms with Crippen LogP contribution in [0.25, 0.3) is 0 Å². The minimum atomic E-state index is -1.45. The molecular formula is C12H10F2N2O2S. The Balaban J connectivity index is 2.23. The maximum absolute atomic E-state index is 13.5. The number of carboxylic acid groups (broad SMARTS) is 1. The van der Waals surface area contributed by atoms with Gasteiger partial charge in [0, 0.05) is 16.6 Å². The van der Waals surface area contributed by atoms with Gasteiger partial charge in [0.2, 0.25) is 0 Å². The van der Waals surface area contributed by atoms with Crippen LogP contribution in [0, 0.1) is 11.6 Å². The summed E-state index contributed by atoms with van der Waals surface area (Å²) in [4.78, 5) is 11.6. The van der Waals surface area contributed by atoms with Crippen LogP contribution in [0.15, 0.2) is 23.6 Å². The van der Waals surface area contributed by atoms with Crippen LogP contribution < -0.4 is 11.1 Å². The predicted molar refractivity (Wildman–Crippen MR) is 69.4 cm³/mol. The molecular weight excluding hydrogens is 274 g/mol. The molecule has 0 bridgehead atoms. The third kappa shape index (κ3) is 2.82. The van der Waals surface area contributed by atoms with Gasteiger partial charge < -0.3 is 16.2 Å². The van der Waals surface area contributed by atoms with Crippen LogP contribution in [0.3, 0.4) is 0 Å². The molecule has 0 radical (unpaired) electrons. The highest BCUT2D eigenvalue weighted by molar-refractivity contribution is 7.10. The Bertz CT molecular complexity index is 628. The number of aromatic carboxylic acids is 1. The summed E-state index contributed by atoms with van der Waals surface area (Å²) < 4.78 is 26.7. The minimum Gasteiger partial charge on any atom is -0.478 e. The van der Waals surface area contributed by atoms with Crippen LogP contribution in [0.5, 0.6) is 0 Å². The third-order valence-electron chi connectivity index (χ3n) is 2.51. The first-order valence-electron chi connectivity index (χ1n) is 5.27. The standard InChI is InChI=1S/C12H10F2N2O2S/c13-7-4-8(14)10(3-6(7)12(17)18)16-5-11-9(15)1-2-19-11/h1-4,16H,5,15H2,(H,17,18). The van der Waals surface area contributed by atoms with Crippen molar-refractivity contribution < 1.29 is 18.7 Å². The number of carbonyl (C=O) groups is 1. The van der Waals surface area contributed by atoms with Gasteiger partial charge in [0.25, 0.3) is 0 Å². The fraction of sp³-hybridized carbons (Fsp3) is 0.0833. The highest BCUT2D eigenvalue weighted by Gasteiger charge is 2.15. The van der Waals surface area contributed by atoms with Gasteiger partial charge in [-0.05, 0) is 17.5 Å². The van der Waals surface area contributed by atoms with E-state index in [1.54, 1.807) is 11.4 Å². The van der Waals surface area contributed by atoms with E-state index in [0.29, 0.717) is 11.8 Å². The molecule has 0 aliphatic carbocycles. The minimum absolute atomic E-state index is 0.0772. The van der Waals surface area contributed by atoms with Gasteiger partial charge in [-0.25, -0.2) is 13.6 Å². The van der Waals surface area contributed by atoms with Gasteiger partial charge in [-0.1, -0.05) is 0 Å². The molecule has 1 aromatic heterocycles. The van der Waals surface area contributed by atoms with E-state index < -0.39 is 23.2 Å². The normalized spacial score (nSPS) is 10.4. The maximum atomic E-state index is 13.5. The number of nitrogens with one attached hydrogen (secondary N) is 1. The predicted octanol–water partition coefficient (Wildman–Crippen LogP) is 2.92. The second-order valence-corrected chi connectivity index (χ2v) is 4.77. The Hall–Kier alpha value is -2.15. The van der Waals surface area contributed by atoms with Crippen molar-refractivity contribution in [3.8, 4) is 0 Å². The fourth-order valence-corrected chi connectivity index (χ4v) is 2.26. The van der Waals surface area contributed by atoms with Crippen LogP contribution in [0.2, 0.25) is 0 Å². The van der Waals surface area contributed by atoms with Gasteiger partial charge in [0.1, 0.15) is 11.6 Å². The molecule has 19 heavy (non-hydrogen) atoms. The lowest BCUT2D eigenvalue weighted by Crippen LogP contribution is -2.06. The highest BCUT2D eigenvalue weighted by atomic mass is 32.1. The van der Waals surface area contributed by atoms with Crippen molar-refractivity contribution in [1.82, 2.24) is 0 Å².